The maximum atomic E-state index is 11.5. The third-order valence-corrected chi connectivity index (χ3v) is 7.10. The predicted octanol–water partition coefficient (Wildman–Crippen LogP) is 2.45. The van der Waals surface area contributed by atoms with E-state index in [0.717, 1.165) is 31.3 Å². The Morgan fingerprint density at radius 2 is 1.52 bits per heavy atom. The fourth-order valence-electron chi connectivity index (χ4n) is 2.05. The van der Waals surface area contributed by atoms with Gasteiger partial charge in [0.05, 0.1) is 6.61 Å². The van der Waals surface area contributed by atoms with Crippen LogP contribution in [0.2, 0.25) is 0 Å². The van der Waals surface area contributed by atoms with Gasteiger partial charge in [-0.1, -0.05) is 34.9 Å². The van der Waals surface area contributed by atoms with Crippen LogP contribution in [-0.2, 0) is 9.30 Å². The monoisotopic (exact) mass is 392 g/mol. The molecule has 0 bridgehead atoms. The van der Waals surface area contributed by atoms with Crippen LogP contribution in [0.1, 0.15) is 53.4 Å². The van der Waals surface area contributed by atoms with Crippen molar-refractivity contribution in [2.75, 3.05) is 18.9 Å². The molecule has 0 saturated heterocycles. The van der Waals surface area contributed by atoms with Crippen molar-refractivity contribution in [3.05, 3.63) is 34.9 Å². The predicted molar refractivity (Wildman–Crippen MR) is 97.8 cm³/mol. The van der Waals surface area contributed by atoms with Gasteiger partial charge >= 0.3 is 0 Å². The van der Waals surface area contributed by atoms with Crippen molar-refractivity contribution in [3.63, 3.8) is 0 Å². The molecule has 0 radical (unpaired) electrons. The molecule has 0 aromatic rings. The van der Waals surface area contributed by atoms with Crippen LogP contribution in [0.25, 0.3) is 0 Å². The molecule has 6 nitrogen and oxygen atoms in total. The fourth-order valence-corrected chi connectivity index (χ4v) is 4.93. The van der Waals surface area contributed by atoms with Gasteiger partial charge in [0.25, 0.3) is 7.37 Å². The molecule has 1 atom stereocenters. The molecule has 0 amide bonds. The van der Waals surface area contributed by atoms with Crippen molar-refractivity contribution in [1.29, 1.82) is 0 Å². The average Bonchev–Trinajstić information content (AvgIpc) is 2.40. The number of hydrogen-bond acceptors (Lipinski definition) is 5. The molecule has 0 aliphatic rings. The maximum Gasteiger partial charge on any atom is 0.260 e. The molecule has 25 heavy (non-hydrogen) atoms. The Morgan fingerprint density at radius 1 is 1.00 bits per heavy atom. The average molecular weight is 392 g/mol. The van der Waals surface area contributed by atoms with Crippen LogP contribution >= 0.6 is 15.3 Å². The van der Waals surface area contributed by atoms with Gasteiger partial charge in [0.1, 0.15) is 12.3 Å². The summed E-state index contributed by atoms with van der Waals surface area (Å²) < 4.78 is 16.5. The first kappa shape index (κ1) is 24.7. The van der Waals surface area contributed by atoms with Crippen LogP contribution in [-0.4, -0.2) is 23.8 Å². The number of ether oxygens (including phenoxy) is 1. The van der Waals surface area contributed by atoms with Crippen LogP contribution in [0.4, 0.5) is 0 Å². The van der Waals surface area contributed by atoms with E-state index in [0.29, 0.717) is 0 Å². The van der Waals surface area contributed by atoms with Gasteiger partial charge in [-0.3, -0.25) is 4.57 Å². The van der Waals surface area contributed by atoms with Gasteiger partial charge in [0.2, 0.25) is 0 Å². The Kier molecular flexibility index (Phi) is 12.0. The van der Waals surface area contributed by atoms with Crippen LogP contribution in [0.5, 0.6) is 0 Å². The minimum atomic E-state index is -5.01. The van der Waals surface area contributed by atoms with E-state index in [-0.39, 0.29) is 6.61 Å². The summed E-state index contributed by atoms with van der Waals surface area (Å²) in [5, 5.41) is 0. The van der Waals surface area contributed by atoms with Crippen molar-refractivity contribution in [1.82, 2.24) is 0 Å². The third kappa shape index (κ3) is 16.9. The van der Waals surface area contributed by atoms with E-state index < -0.39 is 27.6 Å². The Morgan fingerprint density at radius 3 is 2.04 bits per heavy atom. The third-order valence-electron chi connectivity index (χ3n) is 3.36. The Bertz CT molecular complexity index is 528. The molecular formula is C17H30O6P2-2. The largest absolute Gasteiger partial charge is 0.687 e. The van der Waals surface area contributed by atoms with Gasteiger partial charge in [-0.05, 0) is 53.4 Å². The van der Waals surface area contributed by atoms with E-state index in [1.165, 1.54) is 11.1 Å². The molecule has 0 aromatic carbocycles. The summed E-state index contributed by atoms with van der Waals surface area (Å²) in [4.78, 5) is 40.9. The topological polar surface area (TPSA) is 116 Å². The van der Waals surface area contributed by atoms with E-state index >= 15 is 0 Å². The first-order valence-corrected chi connectivity index (χ1v) is 12.0. The first-order chi connectivity index (χ1) is 11.4. The molecule has 0 saturated carbocycles. The Hall–Kier alpha value is -0.320. The summed E-state index contributed by atoms with van der Waals surface area (Å²) in [6.07, 6.45) is 9.46. The number of allylic oxidation sites excluding steroid dienone is 5. The van der Waals surface area contributed by atoms with Crippen molar-refractivity contribution < 1.29 is 28.9 Å². The molecule has 0 rings (SSSR count). The van der Waals surface area contributed by atoms with Crippen molar-refractivity contribution in [2.24, 2.45) is 0 Å². The first-order valence-electron chi connectivity index (χ1n) is 8.25. The highest BCUT2D eigenvalue weighted by Crippen LogP contribution is 2.52. The SMILES string of the molecule is CC(C)=CCC/C(C)=C/CC/C(C)=C/COCP(=O)(O)C[P+]([O-])([O-])[O-]. The summed E-state index contributed by atoms with van der Waals surface area (Å²) in [5.41, 5.74) is 3.76. The van der Waals surface area contributed by atoms with Crippen LogP contribution in [0.3, 0.4) is 0 Å². The zero-order valence-electron chi connectivity index (χ0n) is 15.6. The smallest absolute Gasteiger partial charge is 0.260 e. The molecule has 8 heteroatoms. The molecule has 0 aromatic heterocycles. The quantitative estimate of drug-likeness (QED) is 0.310. The highest BCUT2D eigenvalue weighted by Gasteiger charge is 2.23. The lowest BCUT2D eigenvalue weighted by atomic mass is 10.1. The molecular weight excluding hydrogens is 362 g/mol. The molecule has 1 unspecified atom stereocenters. The summed E-state index contributed by atoms with van der Waals surface area (Å²) >= 11 is 0. The second-order valence-electron chi connectivity index (χ2n) is 6.56. The van der Waals surface area contributed by atoms with Gasteiger partial charge in [0.15, 0.2) is 0 Å². The summed E-state index contributed by atoms with van der Waals surface area (Å²) in [6.45, 7) is 8.35. The highest BCUT2D eigenvalue weighted by molar-refractivity contribution is 7.73. The van der Waals surface area contributed by atoms with Crippen molar-refractivity contribution >= 4 is 15.3 Å². The normalized spacial score (nSPS) is 15.8. The van der Waals surface area contributed by atoms with Gasteiger partial charge in [-0.15, -0.1) is 0 Å². The zero-order chi connectivity index (χ0) is 19.5. The van der Waals surface area contributed by atoms with E-state index in [2.05, 4.69) is 32.9 Å². The molecule has 0 aliphatic heterocycles. The summed E-state index contributed by atoms with van der Waals surface area (Å²) in [5.74, 6) is -1.26. The van der Waals surface area contributed by atoms with E-state index in [9.17, 15) is 24.1 Å². The van der Waals surface area contributed by atoms with Gasteiger partial charge in [-0.2, -0.15) is 7.94 Å². The Labute approximate surface area is 152 Å². The summed E-state index contributed by atoms with van der Waals surface area (Å²) in [6, 6.07) is 0. The van der Waals surface area contributed by atoms with Crippen LogP contribution < -0.4 is 14.7 Å². The van der Waals surface area contributed by atoms with Gasteiger partial charge < -0.3 is 24.3 Å². The lowest BCUT2D eigenvalue weighted by molar-refractivity contribution is -0.426. The van der Waals surface area contributed by atoms with Crippen LogP contribution in [0.15, 0.2) is 34.9 Å². The molecule has 1 N–H and O–H groups in total. The zero-order valence-corrected chi connectivity index (χ0v) is 17.4. The van der Waals surface area contributed by atoms with Crippen LogP contribution in [0, 0.1) is 0 Å². The molecule has 146 valence electrons. The second kappa shape index (κ2) is 12.1. The highest BCUT2D eigenvalue weighted by atomic mass is 31.3. The maximum absolute atomic E-state index is 11.5. The standard InChI is InChI=1S/C17H32O6P2/c1-15(2)7-5-8-16(3)9-6-10-17(4)11-12-23-13-24(18,19)14-25(20,21)22/h7,9,11H,5-6,8,10,12-14H2,1-4H3,(H,18,19)(H2,20,21,22)/p-2/b16-9+,17-11+. The molecule has 0 heterocycles. The molecule has 0 fully saturated rings. The lowest BCUT2D eigenvalue weighted by Gasteiger charge is -2.42. The van der Waals surface area contributed by atoms with Crippen molar-refractivity contribution in [2.45, 2.75) is 53.4 Å². The lowest BCUT2D eigenvalue weighted by Crippen LogP contribution is -2.35. The van der Waals surface area contributed by atoms with Crippen molar-refractivity contribution in [3.8, 4) is 0 Å². The summed E-state index contributed by atoms with van der Waals surface area (Å²) in [7, 11) is -9.09. The fraction of sp³-hybridized carbons (Fsp3) is 0.647. The minimum absolute atomic E-state index is 0.113. The number of hydrogen-bond donors (Lipinski definition) is 1. The minimum Gasteiger partial charge on any atom is -0.687 e. The molecule has 0 aliphatic carbocycles. The Balaban J connectivity index is 4.06. The van der Waals surface area contributed by atoms with Gasteiger partial charge in [-0.25, -0.2) is 0 Å². The van der Waals surface area contributed by atoms with E-state index in [1.54, 1.807) is 6.08 Å². The molecule has 0 spiro atoms. The second-order valence-corrected chi connectivity index (χ2v) is 10.9. The van der Waals surface area contributed by atoms with Gasteiger partial charge in [0, 0.05) is 0 Å². The van der Waals surface area contributed by atoms with E-state index in [1.807, 2.05) is 6.92 Å². The van der Waals surface area contributed by atoms with E-state index in [4.69, 9.17) is 4.74 Å². The number of rotatable bonds is 12.